The van der Waals surface area contributed by atoms with Gasteiger partial charge in [0.15, 0.2) is 5.60 Å². The average Bonchev–Trinajstić information content (AvgIpc) is 3.78. The Morgan fingerprint density at radius 2 is 1.73 bits per heavy atom. The molecular weight excluding hydrogens is 632 g/mol. The molecule has 266 valence electrons. The van der Waals surface area contributed by atoms with Crippen LogP contribution in [0, 0.1) is 39.9 Å². The molecule has 3 aliphatic carbocycles. The minimum absolute atomic E-state index is 0.0856. The van der Waals surface area contributed by atoms with Crippen molar-refractivity contribution in [2.24, 2.45) is 39.9 Å². The monoisotopic (exact) mass is 678 g/mol. The van der Waals surface area contributed by atoms with E-state index in [1.807, 2.05) is 13.8 Å². The molecule has 5 aliphatic heterocycles. The van der Waals surface area contributed by atoms with Gasteiger partial charge in [0.05, 0.1) is 50.8 Å². The van der Waals surface area contributed by atoms with Crippen LogP contribution in [-0.4, -0.2) is 115 Å². The average molecular weight is 679 g/mol. The maximum absolute atomic E-state index is 14.1. The van der Waals surface area contributed by atoms with Crippen LogP contribution in [0.2, 0.25) is 0 Å². The lowest BCUT2D eigenvalue weighted by atomic mass is 9.37. The van der Waals surface area contributed by atoms with Gasteiger partial charge in [-0.2, -0.15) is 0 Å². The highest BCUT2D eigenvalue weighted by Gasteiger charge is 2.94. The number of ether oxygens (including phenoxy) is 9. The molecule has 3 saturated carbocycles. The van der Waals surface area contributed by atoms with Gasteiger partial charge in [-0.05, 0) is 19.4 Å². The molecule has 8 aliphatic rings. The van der Waals surface area contributed by atoms with E-state index in [2.05, 4.69) is 0 Å². The Bertz CT molecular complexity index is 1480. The quantitative estimate of drug-likeness (QED) is 0.311. The van der Waals surface area contributed by atoms with Gasteiger partial charge in [0.1, 0.15) is 23.4 Å². The van der Waals surface area contributed by atoms with E-state index in [0.29, 0.717) is 0 Å². The Hall–Kier alpha value is -2.33. The van der Waals surface area contributed by atoms with Crippen LogP contribution in [0.1, 0.15) is 54.4 Å². The SMILES string of the molecule is COC(=O)[C@]1(OC)OC[C@]23[C@@H]4[C@H](OC[C@@]4(C)[C@@H](OC(C)=O)C[C@H]2OC(=O)C(C)C)[C@@H]2O[C@@]4(C)[C@@H]5C[C@@H](O[C@H]6OC=C[C@]65O)[C@@]4(O)[C@]2(C)[C@@H]13. The minimum Gasteiger partial charge on any atom is -0.469 e. The van der Waals surface area contributed by atoms with Crippen LogP contribution in [0.5, 0.6) is 0 Å². The van der Waals surface area contributed by atoms with E-state index in [1.54, 1.807) is 20.8 Å². The lowest BCUT2D eigenvalue weighted by Crippen LogP contribution is -2.78. The van der Waals surface area contributed by atoms with Crippen molar-refractivity contribution in [1.29, 1.82) is 0 Å². The van der Waals surface area contributed by atoms with Gasteiger partial charge in [0, 0.05) is 54.5 Å². The van der Waals surface area contributed by atoms with Gasteiger partial charge in [-0.15, -0.1) is 0 Å². The summed E-state index contributed by atoms with van der Waals surface area (Å²) >= 11 is 0. The molecular formula is C34H46O14. The van der Waals surface area contributed by atoms with E-state index in [1.165, 1.54) is 33.5 Å². The maximum Gasteiger partial charge on any atom is 0.366 e. The topological polar surface area (TPSA) is 175 Å². The first kappa shape index (κ1) is 32.9. The zero-order valence-electron chi connectivity index (χ0n) is 28.6. The standard InChI is InChI=1S/C34H46O14/c1-15(2)24(36)46-19-12-18(45-16(3)35)28(4)13-43-21-22(28)31(19)14-44-33(41-8,26(37)40-7)25(31)29(5)23(21)48-30(6)17-11-20(34(29,30)39)47-27-32(17,38)9-10-42-27/h9-10,15,17-23,25,27,38-39H,11-14H2,1-8H3/t17-,18-,19+,20+,21-,22+,23-,25+,27+,28-,29-,30-,31+,32+,33+,34+/m0/s1. The summed E-state index contributed by atoms with van der Waals surface area (Å²) in [6.07, 6.45) is -2.14. The van der Waals surface area contributed by atoms with Crippen LogP contribution in [0.4, 0.5) is 0 Å². The van der Waals surface area contributed by atoms with E-state index >= 15 is 0 Å². The van der Waals surface area contributed by atoms with Gasteiger partial charge < -0.3 is 52.8 Å². The molecule has 14 nitrogen and oxygen atoms in total. The first-order chi connectivity index (χ1) is 22.5. The molecule has 0 aromatic rings. The Kier molecular flexibility index (Phi) is 6.64. The van der Waals surface area contributed by atoms with Crippen LogP contribution >= 0.6 is 0 Å². The van der Waals surface area contributed by atoms with Crippen molar-refractivity contribution < 1.29 is 67.2 Å². The van der Waals surface area contributed by atoms with Crippen molar-refractivity contribution >= 4 is 17.9 Å². The predicted octanol–water partition coefficient (Wildman–Crippen LogP) is 0.988. The van der Waals surface area contributed by atoms with Crippen LogP contribution < -0.4 is 0 Å². The molecule has 2 bridgehead atoms. The van der Waals surface area contributed by atoms with Crippen molar-refractivity contribution in [3.63, 3.8) is 0 Å². The number of esters is 3. The van der Waals surface area contributed by atoms with Gasteiger partial charge in [-0.25, -0.2) is 4.79 Å². The Balaban J connectivity index is 1.41. The number of hydrogen-bond donors (Lipinski definition) is 2. The molecule has 0 amide bonds. The molecule has 0 radical (unpaired) electrons. The first-order valence-corrected chi connectivity index (χ1v) is 16.9. The molecule has 48 heavy (non-hydrogen) atoms. The van der Waals surface area contributed by atoms with Gasteiger partial charge in [0.25, 0.3) is 5.79 Å². The van der Waals surface area contributed by atoms with Gasteiger partial charge in [0.2, 0.25) is 6.29 Å². The smallest absolute Gasteiger partial charge is 0.366 e. The van der Waals surface area contributed by atoms with Gasteiger partial charge in [-0.3, -0.25) is 9.59 Å². The van der Waals surface area contributed by atoms with Gasteiger partial charge >= 0.3 is 17.9 Å². The number of methoxy groups -OCH3 is 2. The third kappa shape index (κ3) is 3.28. The molecule has 7 fully saturated rings. The molecule has 5 heterocycles. The lowest BCUT2D eigenvalue weighted by molar-refractivity contribution is -0.318. The highest BCUT2D eigenvalue weighted by atomic mass is 16.7. The molecule has 14 heteroatoms. The normalized spacial score (nSPS) is 56.4. The van der Waals surface area contributed by atoms with E-state index < -0.39 is 117 Å². The largest absolute Gasteiger partial charge is 0.469 e. The van der Waals surface area contributed by atoms with E-state index in [9.17, 15) is 24.6 Å². The summed E-state index contributed by atoms with van der Waals surface area (Å²) in [7, 11) is 2.58. The second-order valence-corrected chi connectivity index (χ2v) is 16.1. The number of carbonyl (C=O) groups is 3. The Labute approximate surface area is 278 Å². The summed E-state index contributed by atoms with van der Waals surface area (Å²) in [4.78, 5) is 40.2. The van der Waals surface area contributed by atoms with E-state index in [0.717, 1.165) is 0 Å². The molecule has 1 spiro atoms. The highest BCUT2D eigenvalue weighted by molar-refractivity contribution is 5.80. The fourth-order valence-electron chi connectivity index (χ4n) is 12.3. The molecule has 4 saturated heterocycles. The Morgan fingerprint density at radius 1 is 1.00 bits per heavy atom. The zero-order valence-corrected chi connectivity index (χ0v) is 28.6. The van der Waals surface area contributed by atoms with Crippen molar-refractivity contribution in [1.82, 2.24) is 0 Å². The van der Waals surface area contributed by atoms with Gasteiger partial charge in [-0.1, -0.05) is 27.7 Å². The summed E-state index contributed by atoms with van der Waals surface area (Å²) in [6.45, 7) is 10.4. The van der Waals surface area contributed by atoms with Crippen LogP contribution in [-0.2, 0) is 57.0 Å². The van der Waals surface area contributed by atoms with Crippen molar-refractivity contribution in [2.75, 3.05) is 27.4 Å². The minimum atomic E-state index is -2.10. The van der Waals surface area contributed by atoms with Crippen LogP contribution in [0.25, 0.3) is 0 Å². The van der Waals surface area contributed by atoms with E-state index in [4.69, 9.17) is 42.6 Å². The summed E-state index contributed by atoms with van der Waals surface area (Å²) < 4.78 is 56.4. The number of carbonyl (C=O) groups excluding carboxylic acids is 3. The first-order valence-electron chi connectivity index (χ1n) is 16.9. The van der Waals surface area contributed by atoms with E-state index in [-0.39, 0.29) is 26.1 Å². The summed E-state index contributed by atoms with van der Waals surface area (Å²) in [5.41, 5.74) is -8.57. The zero-order chi connectivity index (χ0) is 34.6. The highest BCUT2D eigenvalue weighted by Crippen LogP contribution is 2.81. The summed E-state index contributed by atoms with van der Waals surface area (Å²) in [5, 5.41) is 25.6. The molecule has 2 N–H and O–H groups in total. The number of hydrogen-bond acceptors (Lipinski definition) is 14. The lowest BCUT2D eigenvalue weighted by Gasteiger charge is -2.66. The van der Waals surface area contributed by atoms with Crippen LogP contribution in [0.3, 0.4) is 0 Å². The van der Waals surface area contributed by atoms with Crippen LogP contribution in [0.15, 0.2) is 12.3 Å². The van der Waals surface area contributed by atoms with Crippen molar-refractivity contribution in [3.8, 4) is 0 Å². The second-order valence-electron chi connectivity index (χ2n) is 16.1. The summed E-state index contributed by atoms with van der Waals surface area (Å²) in [6, 6.07) is 0. The maximum atomic E-state index is 14.1. The summed E-state index contributed by atoms with van der Waals surface area (Å²) in [5.74, 6) is -6.79. The molecule has 0 aromatic heterocycles. The fourth-order valence-corrected chi connectivity index (χ4v) is 12.3. The third-order valence-electron chi connectivity index (χ3n) is 14.0. The fraction of sp³-hybridized carbons (Fsp3) is 0.853. The molecule has 0 unspecified atom stereocenters. The number of rotatable bonds is 5. The molecule has 0 aromatic carbocycles. The molecule has 8 rings (SSSR count). The molecule has 16 atom stereocenters. The third-order valence-corrected chi connectivity index (χ3v) is 14.0. The number of fused-ring (bicyclic) bond motifs is 11. The number of aliphatic hydroxyl groups is 2. The Morgan fingerprint density at radius 3 is 2.38 bits per heavy atom. The van der Waals surface area contributed by atoms with Crippen molar-refractivity contribution in [3.05, 3.63) is 12.3 Å². The predicted molar refractivity (Wildman–Crippen MR) is 158 cm³/mol. The second kappa shape index (κ2) is 9.71. The van der Waals surface area contributed by atoms with Crippen molar-refractivity contribution in [2.45, 2.75) is 114 Å².